The van der Waals surface area contributed by atoms with E-state index in [0.717, 1.165) is 44.6 Å². The molecule has 2 heteroatoms. The molecule has 256 valence electrons. The van der Waals surface area contributed by atoms with E-state index in [1.54, 1.807) is 0 Å². The van der Waals surface area contributed by atoms with Crippen LogP contribution >= 0.6 is 0 Å². The summed E-state index contributed by atoms with van der Waals surface area (Å²) in [6, 6.07) is 59.2. The van der Waals surface area contributed by atoms with E-state index in [0.29, 0.717) is 0 Å². The Hall–Kier alpha value is -5.86. The zero-order chi connectivity index (χ0) is 36.0. The van der Waals surface area contributed by atoms with Crippen molar-refractivity contribution in [1.29, 1.82) is 0 Å². The molecule has 0 radical (unpaired) electrons. The van der Waals surface area contributed by atoms with Crippen LogP contribution in [0.4, 0.5) is 17.1 Å². The maximum absolute atomic E-state index is 6.61. The molecule has 0 N–H and O–H groups in total. The summed E-state index contributed by atoms with van der Waals surface area (Å²) >= 11 is 0. The zero-order valence-electron chi connectivity index (χ0n) is 30.9. The molecule has 0 unspecified atom stereocenters. The fourth-order valence-corrected chi connectivity index (χ4v) is 7.21. The van der Waals surface area contributed by atoms with Crippen LogP contribution < -0.4 is 4.90 Å². The van der Waals surface area contributed by atoms with Crippen LogP contribution in [0, 0.1) is 0 Å². The maximum atomic E-state index is 6.61. The highest BCUT2D eigenvalue weighted by molar-refractivity contribution is 6.17. The fourth-order valence-electron chi connectivity index (χ4n) is 7.21. The average molecular weight is 676 g/mol. The van der Waals surface area contributed by atoms with Crippen molar-refractivity contribution in [2.75, 3.05) is 4.90 Å². The van der Waals surface area contributed by atoms with Gasteiger partial charge >= 0.3 is 0 Å². The molecule has 0 saturated carbocycles. The van der Waals surface area contributed by atoms with E-state index in [9.17, 15) is 0 Å². The number of hydrogen-bond acceptors (Lipinski definition) is 2. The minimum absolute atomic E-state index is 0.0282. The van der Waals surface area contributed by atoms with Gasteiger partial charge in [0.1, 0.15) is 11.2 Å². The van der Waals surface area contributed by atoms with E-state index in [1.165, 1.54) is 38.9 Å². The fraction of sp³-hybridized carbons (Fsp3) is 0.160. The molecule has 0 aliphatic heterocycles. The highest BCUT2D eigenvalue weighted by Crippen LogP contribution is 2.49. The molecule has 0 amide bonds. The monoisotopic (exact) mass is 675 g/mol. The molecule has 0 saturated heterocycles. The first-order valence-electron chi connectivity index (χ1n) is 18.3. The summed E-state index contributed by atoms with van der Waals surface area (Å²) in [5.74, 6) is 0. The van der Waals surface area contributed by atoms with Gasteiger partial charge in [-0.1, -0.05) is 163 Å². The molecular formula is C50H45NO. The van der Waals surface area contributed by atoms with Crippen molar-refractivity contribution in [2.45, 2.75) is 52.4 Å². The van der Waals surface area contributed by atoms with E-state index in [2.05, 4.69) is 210 Å². The van der Waals surface area contributed by atoms with Gasteiger partial charge < -0.3 is 9.32 Å². The molecule has 1 heterocycles. The van der Waals surface area contributed by atoms with Crippen LogP contribution in [0.5, 0.6) is 0 Å². The lowest BCUT2D eigenvalue weighted by Crippen LogP contribution is -2.17. The van der Waals surface area contributed by atoms with Crippen molar-refractivity contribution in [1.82, 2.24) is 0 Å². The van der Waals surface area contributed by atoms with Gasteiger partial charge in [0.05, 0.1) is 11.1 Å². The SMILES string of the molecule is CC(C)(C)c1cc(-c2ccc3oc4ccccc4c3c2N(c2ccc(-c3ccccc3)cc2)c2cccc(-c3ccccc3)c2)cc(C(C)(C)C)c1. The first kappa shape index (κ1) is 33.3. The highest BCUT2D eigenvalue weighted by atomic mass is 16.3. The van der Waals surface area contributed by atoms with Gasteiger partial charge in [0.25, 0.3) is 0 Å². The minimum atomic E-state index is -0.0282. The summed E-state index contributed by atoms with van der Waals surface area (Å²) in [6.07, 6.45) is 0. The van der Waals surface area contributed by atoms with Gasteiger partial charge in [-0.3, -0.25) is 0 Å². The molecule has 7 aromatic carbocycles. The zero-order valence-corrected chi connectivity index (χ0v) is 30.9. The quantitative estimate of drug-likeness (QED) is 0.174. The molecule has 0 bridgehead atoms. The number of fused-ring (bicyclic) bond motifs is 3. The van der Waals surface area contributed by atoms with Crippen molar-refractivity contribution >= 4 is 39.0 Å². The Bertz CT molecular complexity index is 2480. The summed E-state index contributed by atoms with van der Waals surface area (Å²) in [4.78, 5) is 2.45. The van der Waals surface area contributed by atoms with Crippen molar-refractivity contribution < 1.29 is 4.42 Å². The van der Waals surface area contributed by atoms with Crippen LogP contribution in [-0.4, -0.2) is 0 Å². The van der Waals surface area contributed by atoms with Crippen molar-refractivity contribution in [2.24, 2.45) is 0 Å². The molecule has 0 aliphatic rings. The lowest BCUT2D eigenvalue weighted by molar-refractivity contribution is 0.569. The van der Waals surface area contributed by atoms with Crippen LogP contribution in [0.1, 0.15) is 52.7 Å². The van der Waals surface area contributed by atoms with Gasteiger partial charge in [-0.15, -0.1) is 0 Å². The van der Waals surface area contributed by atoms with Crippen LogP contribution in [0.25, 0.3) is 55.3 Å². The number of para-hydroxylation sites is 1. The second-order valence-corrected chi connectivity index (χ2v) is 15.9. The van der Waals surface area contributed by atoms with Gasteiger partial charge in [0, 0.05) is 22.3 Å². The molecule has 0 atom stereocenters. The van der Waals surface area contributed by atoms with E-state index in [1.807, 2.05) is 0 Å². The number of hydrogen-bond donors (Lipinski definition) is 0. The van der Waals surface area contributed by atoms with Crippen LogP contribution in [0.15, 0.2) is 168 Å². The van der Waals surface area contributed by atoms with Gasteiger partial charge in [-0.25, -0.2) is 0 Å². The molecule has 0 aliphatic carbocycles. The highest BCUT2D eigenvalue weighted by Gasteiger charge is 2.27. The summed E-state index contributed by atoms with van der Waals surface area (Å²) in [5.41, 5.74) is 14.7. The topological polar surface area (TPSA) is 16.4 Å². The standard InChI is InChI=1S/C50H45NO/c1-49(2,3)39-30-38(31-40(33-39)50(4,5)6)43-28-29-46-47(44-22-13-14-23-45(44)52-46)48(43)51(41-26-24-36(25-27-41)34-16-9-7-10-17-34)42-21-15-20-37(32-42)35-18-11-8-12-19-35/h7-33H,1-6H3. The Balaban J connectivity index is 1.46. The number of furan rings is 1. The largest absolute Gasteiger partial charge is 0.456 e. The summed E-state index contributed by atoms with van der Waals surface area (Å²) in [7, 11) is 0. The molecule has 0 fully saturated rings. The number of anilines is 3. The molecule has 8 rings (SSSR count). The predicted octanol–water partition coefficient (Wildman–Crippen LogP) is 14.7. The third kappa shape index (κ3) is 6.31. The summed E-state index contributed by atoms with van der Waals surface area (Å²) in [6.45, 7) is 13.8. The number of rotatable bonds is 6. The van der Waals surface area contributed by atoms with Crippen LogP contribution in [-0.2, 0) is 10.8 Å². The van der Waals surface area contributed by atoms with Crippen LogP contribution in [0.3, 0.4) is 0 Å². The van der Waals surface area contributed by atoms with Gasteiger partial charge in [-0.05, 0) is 92.2 Å². The van der Waals surface area contributed by atoms with Crippen molar-refractivity contribution in [3.63, 3.8) is 0 Å². The van der Waals surface area contributed by atoms with Gasteiger partial charge in [0.2, 0.25) is 0 Å². The summed E-state index contributed by atoms with van der Waals surface area (Å²) < 4.78 is 6.61. The van der Waals surface area contributed by atoms with E-state index in [4.69, 9.17) is 4.42 Å². The van der Waals surface area contributed by atoms with E-state index >= 15 is 0 Å². The molecule has 8 aromatic rings. The minimum Gasteiger partial charge on any atom is -0.456 e. The third-order valence-corrected chi connectivity index (χ3v) is 10.2. The smallest absolute Gasteiger partial charge is 0.137 e. The average Bonchev–Trinajstić information content (AvgIpc) is 3.54. The van der Waals surface area contributed by atoms with E-state index in [-0.39, 0.29) is 10.8 Å². The lowest BCUT2D eigenvalue weighted by Gasteiger charge is -2.31. The Kier molecular flexibility index (Phi) is 8.35. The van der Waals surface area contributed by atoms with Crippen molar-refractivity contribution in [3.8, 4) is 33.4 Å². The Labute approximate surface area is 308 Å². The third-order valence-electron chi connectivity index (χ3n) is 10.2. The normalized spacial score (nSPS) is 12.0. The van der Waals surface area contributed by atoms with E-state index < -0.39 is 0 Å². The molecule has 2 nitrogen and oxygen atoms in total. The second-order valence-electron chi connectivity index (χ2n) is 15.9. The van der Waals surface area contributed by atoms with Gasteiger partial charge in [0.15, 0.2) is 0 Å². The molecule has 52 heavy (non-hydrogen) atoms. The first-order chi connectivity index (χ1) is 25.0. The van der Waals surface area contributed by atoms with Gasteiger partial charge in [-0.2, -0.15) is 0 Å². The number of benzene rings is 7. The molecular weight excluding hydrogens is 631 g/mol. The first-order valence-corrected chi connectivity index (χ1v) is 18.3. The summed E-state index contributed by atoms with van der Waals surface area (Å²) in [5, 5.41) is 2.20. The maximum Gasteiger partial charge on any atom is 0.137 e. The van der Waals surface area contributed by atoms with Crippen LogP contribution in [0.2, 0.25) is 0 Å². The molecule has 1 aromatic heterocycles. The number of nitrogens with zero attached hydrogens (tertiary/aromatic N) is 1. The Morgan fingerprint density at radius 1 is 0.404 bits per heavy atom. The Morgan fingerprint density at radius 2 is 0.962 bits per heavy atom. The molecule has 0 spiro atoms. The predicted molar refractivity (Wildman–Crippen MR) is 222 cm³/mol. The second kappa shape index (κ2) is 13.0. The van der Waals surface area contributed by atoms with Crippen molar-refractivity contribution in [3.05, 3.63) is 175 Å². The lowest BCUT2D eigenvalue weighted by atomic mass is 9.78. The Morgan fingerprint density at radius 3 is 1.60 bits per heavy atom.